The van der Waals surface area contributed by atoms with Gasteiger partial charge in [-0.3, -0.25) is 4.79 Å². The van der Waals surface area contributed by atoms with E-state index >= 15 is 0 Å². The van der Waals surface area contributed by atoms with E-state index in [4.69, 9.17) is 5.73 Å². The number of hydrogen-bond donors (Lipinski definition) is 1. The molecule has 1 aromatic rings. The van der Waals surface area contributed by atoms with Crippen LogP contribution in [0.3, 0.4) is 0 Å². The first-order valence-corrected chi connectivity index (χ1v) is 6.48. The average molecular weight is 246 g/mol. The predicted molar refractivity (Wildman–Crippen MR) is 74.6 cm³/mol. The van der Waals surface area contributed by atoms with Crippen LogP contribution in [0.5, 0.6) is 0 Å². The van der Waals surface area contributed by atoms with Crippen LogP contribution in [0.4, 0.5) is 5.69 Å². The number of hydrogen-bond acceptors (Lipinski definition) is 2. The molecule has 2 rings (SSSR count). The molecule has 3 heteroatoms. The van der Waals surface area contributed by atoms with E-state index in [0.717, 1.165) is 12.1 Å². The van der Waals surface area contributed by atoms with Crippen LogP contribution in [-0.2, 0) is 4.79 Å². The Labute approximate surface area is 109 Å². The van der Waals surface area contributed by atoms with E-state index in [1.54, 1.807) is 0 Å². The molecule has 1 saturated heterocycles. The van der Waals surface area contributed by atoms with Gasteiger partial charge in [0, 0.05) is 18.3 Å². The molecular formula is C15H22N2O. The van der Waals surface area contributed by atoms with Crippen molar-refractivity contribution in [1.29, 1.82) is 0 Å². The Morgan fingerprint density at radius 3 is 2.33 bits per heavy atom. The third-order valence-electron chi connectivity index (χ3n) is 3.91. The molecule has 1 heterocycles. The first-order chi connectivity index (χ1) is 8.32. The summed E-state index contributed by atoms with van der Waals surface area (Å²) in [7, 11) is 0. The number of benzene rings is 1. The Bertz CT molecular complexity index is 459. The quantitative estimate of drug-likeness (QED) is 0.827. The van der Waals surface area contributed by atoms with Gasteiger partial charge in [0.05, 0.1) is 5.41 Å². The number of amides is 1. The maximum Gasteiger partial charge on any atom is 0.234 e. The van der Waals surface area contributed by atoms with Gasteiger partial charge in [0.1, 0.15) is 0 Å². The van der Waals surface area contributed by atoms with Gasteiger partial charge >= 0.3 is 0 Å². The molecule has 1 aliphatic rings. The summed E-state index contributed by atoms with van der Waals surface area (Å²) in [5.41, 5.74) is 8.95. The van der Waals surface area contributed by atoms with Crippen LogP contribution >= 0.6 is 0 Å². The molecule has 1 aromatic carbocycles. The van der Waals surface area contributed by atoms with Crippen LogP contribution in [0.1, 0.15) is 31.4 Å². The van der Waals surface area contributed by atoms with Gasteiger partial charge in [0.15, 0.2) is 0 Å². The third kappa shape index (κ3) is 2.15. The zero-order chi connectivity index (χ0) is 13.5. The first-order valence-electron chi connectivity index (χ1n) is 6.48. The molecule has 1 fully saturated rings. The fourth-order valence-corrected chi connectivity index (χ4v) is 2.59. The summed E-state index contributed by atoms with van der Waals surface area (Å²) in [5, 5.41) is 0. The minimum Gasteiger partial charge on any atom is -0.327 e. The Morgan fingerprint density at radius 1 is 1.22 bits per heavy atom. The maximum absolute atomic E-state index is 12.5. The zero-order valence-electron chi connectivity index (χ0n) is 11.7. The van der Waals surface area contributed by atoms with E-state index in [0.29, 0.717) is 6.54 Å². The van der Waals surface area contributed by atoms with Gasteiger partial charge in [0.25, 0.3) is 0 Å². The number of rotatable bonds is 1. The molecule has 0 aromatic heterocycles. The van der Waals surface area contributed by atoms with Crippen molar-refractivity contribution in [2.45, 2.75) is 40.2 Å². The second-order valence-electron chi connectivity index (χ2n) is 5.92. The minimum atomic E-state index is -0.476. The predicted octanol–water partition coefficient (Wildman–Crippen LogP) is 2.39. The molecular weight excluding hydrogens is 224 g/mol. The van der Waals surface area contributed by atoms with E-state index < -0.39 is 5.41 Å². The highest BCUT2D eigenvalue weighted by Gasteiger charge is 2.42. The lowest BCUT2D eigenvalue weighted by atomic mass is 9.78. The minimum absolute atomic E-state index is 0.0489. The first kappa shape index (κ1) is 13.1. The Morgan fingerprint density at radius 2 is 1.78 bits per heavy atom. The highest BCUT2D eigenvalue weighted by molar-refractivity contribution is 5.98. The van der Waals surface area contributed by atoms with Gasteiger partial charge in [-0.05, 0) is 57.4 Å². The number of carbonyl (C=O) groups excluding carboxylic acids is 1. The molecule has 1 unspecified atom stereocenters. The molecule has 0 aliphatic carbocycles. The molecule has 1 atom stereocenters. The van der Waals surface area contributed by atoms with Gasteiger partial charge in [-0.2, -0.15) is 0 Å². The highest BCUT2D eigenvalue weighted by atomic mass is 16.2. The van der Waals surface area contributed by atoms with Crippen molar-refractivity contribution in [3.8, 4) is 0 Å². The van der Waals surface area contributed by atoms with Gasteiger partial charge in [-0.1, -0.05) is 6.07 Å². The Balaban J connectivity index is 2.37. The molecule has 18 heavy (non-hydrogen) atoms. The van der Waals surface area contributed by atoms with E-state index in [1.165, 1.54) is 11.1 Å². The molecule has 0 bridgehead atoms. The van der Waals surface area contributed by atoms with E-state index in [2.05, 4.69) is 32.0 Å². The average Bonchev–Trinajstić information content (AvgIpc) is 2.25. The second-order valence-corrected chi connectivity index (χ2v) is 5.92. The van der Waals surface area contributed by atoms with Gasteiger partial charge in [-0.15, -0.1) is 0 Å². The van der Waals surface area contributed by atoms with E-state index in [-0.39, 0.29) is 11.9 Å². The lowest BCUT2D eigenvalue weighted by molar-refractivity contribution is -0.129. The lowest BCUT2D eigenvalue weighted by Gasteiger charge is -2.41. The SMILES string of the molecule is Cc1cc(C)cc(N2CCC(N)C(C)(C)C2=O)c1. The standard InChI is InChI=1S/C15H22N2O/c1-10-7-11(2)9-12(8-10)17-6-5-13(16)15(3,4)14(17)18/h7-9,13H,5-6,16H2,1-4H3. The fraction of sp³-hybridized carbons (Fsp3) is 0.533. The van der Waals surface area contributed by atoms with Crippen LogP contribution in [0.2, 0.25) is 0 Å². The summed E-state index contributed by atoms with van der Waals surface area (Å²) in [6, 6.07) is 6.21. The summed E-state index contributed by atoms with van der Waals surface area (Å²) in [4.78, 5) is 14.4. The topological polar surface area (TPSA) is 46.3 Å². The van der Waals surface area contributed by atoms with Crippen molar-refractivity contribution in [2.75, 3.05) is 11.4 Å². The number of piperidine rings is 1. The summed E-state index contributed by atoms with van der Waals surface area (Å²) in [6.07, 6.45) is 0.853. The van der Waals surface area contributed by atoms with Crippen LogP contribution in [0.15, 0.2) is 18.2 Å². The molecule has 0 spiro atoms. The van der Waals surface area contributed by atoms with Gasteiger partial charge in [0.2, 0.25) is 5.91 Å². The third-order valence-corrected chi connectivity index (χ3v) is 3.91. The van der Waals surface area contributed by atoms with Crippen LogP contribution in [0.25, 0.3) is 0 Å². The Hall–Kier alpha value is -1.35. The molecule has 3 nitrogen and oxygen atoms in total. The largest absolute Gasteiger partial charge is 0.327 e. The van der Waals surface area contributed by atoms with Gasteiger partial charge in [-0.25, -0.2) is 0 Å². The van der Waals surface area contributed by atoms with Crippen molar-refractivity contribution < 1.29 is 4.79 Å². The van der Waals surface area contributed by atoms with Crippen LogP contribution < -0.4 is 10.6 Å². The Kier molecular flexibility index (Phi) is 3.20. The summed E-state index contributed by atoms with van der Waals surface area (Å²) in [6.45, 7) is 8.71. The number of nitrogens with two attached hydrogens (primary N) is 1. The van der Waals surface area contributed by atoms with Crippen molar-refractivity contribution in [2.24, 2.45) is 11.1 Å². The molecule has 0 saturated carbocycles. The molecule has 1 amide bonds. The lowest BCUT2D eigenvalue weighted by Crippen LogP contribution is -2.56. The number of aryl methyl sites for hydroxylation is 2. The normalized spacial score (nSPS) is 23.3. The number of nitrogens with zero attached hydrogens (tertiary/aromatic N) is 1. The smallest absolute Gasteiger partial charge is 0.234 e. The number of carbonyl (C=O) groups is 1. The molecule has 98 valence electrons. The van der Waals surface area contributed by atoms with Crippen LogP contribution in [0, 0.1) is 19.3 Å². The van der Waals surface area contributed by atoms with Crippen molar-refractivity contribution in [3.05, 3.63) is 29.3 Å². The van der Waals surface area contributed by atoms with E-state index in [1.807, 2.05) is 18.7 Å². The second kappa shape index (κ2) is 4.39. The van der Waals surface area contributed by atoms with Crippen molar-refractivity contribution in [1.82, 2.24) is 0 Å². The molecule has 1 aliphatic heterocycles. The van der Waals surface area contributed by atoms with Gasteiger partial charge < -0.3 is 10.6 Å². The number of anilines is 1. The van der Waals surface area contributed by atoms with Crippen molar-refractivity contribution >= 4 is 11.6 Å². The summed E-state index contributed by atoms with van der Waals surface area (Å²) in [5.74, 6) is 0.131. The van der Waals surface area contributed by atoms with Crippen molar-refractivity contribution in [3.63, 3.8) is 0 Å². The monoisotopic (exact) mass is 246 g/mol. The zero-order valence-corrected chi connectivity index (χ0v) is 11.7. The fourth-order valence-electron chi connectivity index (χ4n) is 2.59. The molecule has 2 N–H and O–H groups in total. The summed E-state index contributed by atoms with van der Waals surface area (Å²) >= 11 is 0. The summed E-state index contributed by atoms with van der Waals surface area (Å²) < 4.78 is 0. The van der Waals surface area contributed by atoms with Crippen LogP contribution in [-0.4, -0.2) is 18.5 Å². The maximum atomic E-state index is 12.5. The van der Waals surface area contributed by atoms with E-state index in [9.17, 15) is 4.79 Å². The molecule has 0 radical (unpaired) electrons. The highest BCUT2D eigenvalue weighted by Crippen LogP contribution is 2.33.